The van der Waals surface area contributed by atoms with Crippen LogP contribution in [0.15, 0.2) is 10.1 Å². The molecule has 0 unspecified atom stereocenters. The van der Waals surface area contributed by atoms with E-state index >= 15 is 0 Å². The summed E-state index contributed by atoms with van der Waals surface area (Å²) in [4.78, 5) is 0. The minimum atomic E-state index is -9.22. The molecule has 0 atom stereocenters. The molecular formula is C19H15F21N2S3. The number of imidazole rings is 1. The Kier molecular flexibility index (Phi) is 10.3. The summed E-state index contributed by atoms with van der Waals surface area (Å²) in [5.41, 5.74) is -0.844. The van der Waals surface area contributed by atoms with Crippen molar-refractivity contribution in [1.82, 2.24) is 9.13 Å². The molecule has 1 aromatic heterocycles. The molecular weight excluding hydrogens is 751 g/mol. The van der Waals surface area contributed by atoms with Gasteiger partial charge in [-0.15, -0.1) is 25.3 Å². The molecule has 0 spiro atoms. The fourth-order valence-corrected chi connectivity index (χ4v) is 4.24. The molecule has 1 aromatic rings. The number of hydrogen-bond donors (Lipinski definition) is 2. The van der Waals surface area contributed by atoms with Crippen LogP contribution in [0.25, 0.3) is 0 Å². The first-order valence-electron chi connectivity index (χ1n) is 10.9. The van der Waals surface area contributed by atoms with Crippen LogP contribution in [0.3, 0.4) is 0 Å². The molecule has 0 N–H and O–H groups in total. The molecule has 0 aliphatic carbocycles. The number of halogens is 21. The average Bonchev–Trinajstić information content (AvgIpc) is 2.99. The molecule has 0 aliphatic rings. The Morgan fingerprint density at radius 1 is 0.444 bits per heavy atom. The molecule has 266 valence electrons. The summed E-state index contributed by atoms with van der Waals surface area (Å²) < 4.78 is 285. The van der Waals surface area contributed by atoms with Gasteiger partial charge >= 0.3 is 59.5 Å². The van der Waals surface area contributed by atoms with Crippen LogP contribution in [-0.4, -0.2) is 68.6 Å². The SMILES string of the molecule is CC(C)(C)Cn1c(S)c(S)n(CC(F)(F)C(F)(F)C(F)(F)C(F)(F)C(F)(F)C(F)(F)C(F)(F)C(F)(F)C(F)(F)C(F)(F)F)c1=S. The molecule has 1 rings (SSSR count). The van der Waals surface area contributed by atoms with Gasteiger partial charge < -0.3 is 9.13 Å². The molecule has 0 fully saturated rings. The van der Waals surface area contributed by atoms with E-state index in [-0.39, 0.29) is 11.1 Å². The molecule has 45 heavy (non-hydrogen) atoms. The summed E-state index contributed by atoms with van der Waals surface area (Å²) in [5.74, 6) is -77.6. The van der Waals surface area contributed by atoms with Gasteiger partial charge in [0.25, 0.3) is 0 Å². The highest BCUT2D eigenvalue weighted by molar-refractivity contribution is 7.83. The maximum Gasteiger partial charge on any atom is 0.460 e. The van der Waals surface area contributed by atoms with Crippen molar-refractivity contribution in [2.24, 2.45) is 5.41 Å². The van der Waals surface area contributed by atoms with Gasteiger partial charge in [0.15, 0.2) is 4.77 Å². The van der Waals surface area contributed by atoms with Gasteiger partial charge in [0.2, 0.25) is 0 Å². The predicted molar refractivity (Wildman–Crippen MR) is 118 cm³/mol. The lowest BCUT2D eigenvalue weighted by Gasteiger charge is -2.44. The van der Waals surface area contributed by atoms with Crippen LogP contribution in [0.2, 0.25) is 0 Å². The lowest BCUT2D eigenvalue weighted by molar-refractivity contribution is -0.474. The molecule has 0 saturated carbocycles. The fraction of sp³-hybridized carbons (Fsp3) is 0.842. The zero-order valence-corrected chi connectivity index (χ0v) is 24.2. The molecule has 0 aromatic carbocycles. The molecule has 2 nitrogen and oxygen atoms in total. The van der Waals surface area contributed by atoms with E-state index in [0.717, 1.165) is 4.57 Å². The maximum atomic E-state index is 14.5. The summed E-state index contributed by atoms with van der Waals surface area (Å²) in [5, 5.41) is -1.57. The smallest absolute Gasteiger partial charge is 0.311 e. The Hall–Kier alpha value is -1.34. The first kappa shape index (κ1) is 41.7. The highest BCUT2D eigenvalue weighted by Gasteiger charge is 2.97. The molecule has 0 bridgehead atoms. The van der Waals surface area contributed by atoms with Crippen LogP contribution in [0.5, 0.6) is 0 Å². The van der Waals surface area contributed by atoms with E-state index < -0.39 is 86.3 Å². The first-order chi connectivity index (χ1) is 19.2. The van der Waals surface area contributed by atoms with Crippen LogP contribution in [0.4, 0.5) is 92.2 Å². The van der Waals surface area contributed by atoms with Gasteiger partial charge in [-0.2, -0.15) is 92.2 Å². The quantitative estimate of drug-likeness (QED) is 0.130. The van der Waals surface area contributed by atoms with Gasteiger partial charge in [0.1, 0.15) is 10.1 Å². The van der Waals surface area contributed by atoms with Crippen LogP contribution in [0.1, 0.15) is 20.8 Å². The normalized spacial score (nSPS) is 16.0. The van der Waals surface area contributed by atoms with Crippen molar-refractivity contribution in [1.29, 1.82) is 0 Å². The molecule has 0 saturated heterocycles. The van der Waals surface area contributed by atoms with E-state index in [9.17, 15) is 92.2 Å². The highest BCUT2D eigenvalue weighted by atomic mass is 32.1. The second kappa shape index (κ2) is 11.1. The number of rotatable bonds is 11. The Bertz CT molecular complexity index is 1320. The van der Waals surface area contributed by atoms with Crippen LogP contribution in [-0.2, 0) is 13.1 Å². The second-order valence-electron chi connectivity index (χ2n) is 10.5. The fourth-order valence-electron chi connectivity index (χ4n) is 3.22. The Morgan fingerprint density at radius 3 is 0.956 bits per heavy atom. The molecule has 1 heterocycles. The van der Waals surface area contributed by atoms with Crippen molar-refractivity contribution >= 4 is 37.5 Å². The van der Waals surface area contributed by atoms with E-state index in [1.807, 2.05) is 0 Å². The Morgan fingerprint density at radius 2 is 0.689 bits per heavy atom. The monoisotopic (exact) mass is 766 g/mol. The number of thiol groups is 2. The molecule has 0 aliphatic heterocycles. The van der Waals surface area contributed by atoms with Crippen molar-refractivity contribution in [3.63, 3.8) is 0 Å². The number of aromatic nitrogens is 2. The molecule has 26 heteroatoms. The third kappa shape index (κ3) is 5.86. The number of hydrogen-bond acceptors (Lipinski definition) is 3. The third-order valence-electron chi connectivity index (χ3n) is 5.74. The summed E-state index contributed by atoms with van der Waals surface area (Å²) in [6.07, 6.45) is -8.03. The largest absolute Gasteiger partial charge is 0.460 e. The van der Waals surface area contributed by atoms with Crippen LogP contribution < -0.4 is 0 Å². The van der Waals surface area contributed by atoms with Gasteiger partial charge in [-0.25, -0.2) is 0 Å². The summed E-state index contributed by atoms with van der Waals surface area (Å²) in [6, 6.07) is 0. The average molecular weight is 767 g/mol. The Balaban J connectivity index is 3.82. The number of nitrogens with zero attached hydrogens (tertiary/aromatic N) is 2. The van der Waals surface area contributed by atoms with Crippen molar-refractivity contribution in [2.45, 2.75) is 103 Å². The minimum Gasteiger partial charge on any atom is -0.311 e. The lowest BCUT2D eigenvalue weighted by Crippen LogP contribution is -2.77. The zero-order chi connectivity index (χ0) is 36.8. The van der Waals surface area contributed by atoms with Gasteiger partial charge in [0, 0.05) is 6.54 Å². The van der Waals surface area contributed by atoms with E-state index in [4.69, 9.17) is 0 Å². The van der Waals surface area contributed by atoms with Gasteiger partial charge in [0.05, 0.1) is 6.54 Å². The predicted octanol–water partition coefficient (Wildman–Crippen LogP) is 9.92. The Labute approximate surface area is 252 Å². The second-order valence-corrected chi connectivity index (χ2v) is 11.7. The standard InChI is InChI=1S/C19H15F21N2S3/c1-9(2,3)4-41-6(43)7(44)42(8(41)45)5-10(20,21)11(22,23)12(24,25)13(26,27)14(28,29)15(30,31)16(32,33)17(34,35)18(36,37)19(38,39)40/h43-44H,4-5H2,1-3H3. The van der Waals surface area contributed by atoms with Gasteiger partial charge in [-0.05, 0) is 17.6 Å². The minimum absolute atomic E-state index is 0.324. The van der Waals surface area contributed by atoms with E-state index in [0.29, 0.717) is 0 Å². The van der Waals surface area contributed by atoms with E-state index in [1.54, 1.807) is 0 Å². The van der Waals surface area contributed by atoms with Gasteiger partial charge in [-0.1, -0.05) is 20.8 Å². The van der Waals surface area contributed by atoms with Crippen molar-refractivity contribution in [3.05, 3.63) is 4.77 Å². The van der Waals surface area contributed by atoms with Crippen LogP contribution >= 0.6 is 37.5 Å². The van der Waals surface area contributed by atoms with Crippen molar-refractivity contribution < 1.29 is 92.2 Å². The summed E-state index contributed by atoms with van der Waals surface area (Å²) in [6.45, 7) is 1.02. The lowest BCUT2D eigenvalue weighted by atomic mass is 9.86. The summed E-state index contributed by atoms with van der Waals surface area (Å²) >= 11 is 12.0. The van der Waals surface area contributed by atoms with Crippen molar-refractivity contribution in [3.8, 4) is 0 Å². The molecule has 0 radical (unpaired) electrons. The van der Waals surface area contributed by atoms with Crippen molar-refractivity contribution in [2.75, 3.05) is 0 Å². The molecule has 0 amide bonds. The third-order valence-corrected chi connectivity index (χ3v) is 7.26. The highest BCUT2D eigenvalue weighted by Crippen LogP contribution is 2.66. The van der Waals surface area contributed by atoms with E-state index in [2.05, 4.69) is 37.5 Å². The summed E-state index contributed by atoms with van der Waals surface area (Å²) in [7, 11) is 0. The first-order valence-corrected chi connectivity index (χ1v) is 12.2. The van der Waals surface area contributed by atoms with E-state index in [1.165, 1.54) is 20.8 Å². The number of alkyl halides is 21. The van der Waals surface area contributed by atoms with Gasteiger partial charge in [-0.3, -0.25) is 0 Å². The van der Waals surface area contributed by atoms with Crippen LogP contribution in [0, 0.1) is 10.2 Å². The zero-order valence-electron chi connectivity index (χ0n) is 21.5. The maximum absolute atomic E-state index is 14.5. The topological polar surface area (TPSA) is 9.86 Å².